The second-order valence-electron chi connectivity index (χ2n) is 4.61. The monoisotopic (exact) mass is 238 g/mol. The molecule has 0 aliphatic carbocycles. The number of esters is 1. The molecule has 0 radical (unpaired) electrons. The fourth-order valence-electron chi connectivity index (χ4n) is 1.27. The molecule has 3 nitrogen and oxygen atoms in total. The maximum Gasteiger partial charge on any atom is 0.309 e. The summed E-state index contributed by atoms with van der Waals surface area (Å²) >= 11 is 0. The van der Waals surface area contributed by atoms with Crippen molar-refractivity contribution in [3.8, 4) is 5.75 Å². The van der Waals surface area contributed by atoms with Crippen LogP contribution in [0.15, 0.2) is 24.3 Å². The molecular formula is C12H18O3Si. The second-order valence-corrected chi connectivity index (χ2v) is 9.04. The van der Waals surface area contributed by atoms with Gasteiger partial charge in [0.05, 0.1) is 13.5 Å². The molecule has 1 aromatic carbocycles. The average molecular weight is 238 g/mol. The van der Waals surface area contributed by atoms with Gasteiger partial charge in [-0.15, -0.1) is 0 Å². The predicted octanol–water partition coefficient (Wildman–Crippen LogP) is 2.62. The molecule has 0 amide bonds. The van der Waals surface area contributed by atoms with Gasteiger partial charge >= 0.3 is 5.97 Å². The first-order valence-electron chi connectivity index (χ1n) is 5.25. The molecule has 0 aromatic heterocycles. The lowest BCUT2D eigenvalue weighted by Crippen LogP contribution is -2.29. The molecule has 88 valence electrons. The Morgan fingerprint density at radius 1 is 1.19 bits per heavy atom. The van der Waals surface area contributed by atoms with Crippen molar-refractivity contribution in [3.05, 3.63) is 29.8 Å². The highest BCUT2D eigenvalue weighted by Gasteiger charge is 2.15. The lowest BCUT2D eigenvalue weighted by molar-refractivity contribution is -0.139. The molecular weight excluding hydrogens is 220 g/mol. The van der Waals surface area contributed by atoms with Crippen LogP contribution in [0.3, 0.4) is 0 Å². The summed E-state index contributed by atoms with van der Waals surface area (Å²) in [5.41, 5.74) is 0.940. The van der Waals surface area contributed by atoms with E-state index in [1.807, 2.05) is 24.3 Å². The van der Waals surface area contributed by atoms with Crippen LogP contribution in [-0.2, 0) is 16.0 Å². The summed E-state index contributed by atoms with van der Waals surface area (Å²) in [6.07, 6.45) is 0.309. The van der Waals surface area contributed by atoms with Crippen molar-refractivity contribution in [3.63, 3.8) is 0 Å². The van der Waals surface area contributed by atoms with E-state index in [9.17, 15) is 4.79 Å². The number of rotatable bonds is 4. The molecule has 4 heteroatoms. The molecule has 16 heavy (non-hydrogen) atoms. The summed E-state index contributed by atoms with van der Waals surface area (Å²) in [6.45, 7) is 6.40. The number of carbonyl (C=O) groups is 1. The smallest absolute Gasteiger partial charge is 0.309 e. The van der Waals surface area contributed by atoms with Crippen LogP contribution in [0, 0.1) is 0 Å². The molecule has 0 N–H and O–H groups in total. The molecule has 1 aromatic rings. The molecule has 0 fully saturated rings. The van der Waals surface area contributed by atoms with Crippen molar-refractivity contribution in [1.82, 2.24) is 0 Å². The number of benzene rings is 1. The normalized spacial score (nSPS) is 11.0. The SMILES string of the molecule is COC(=O)Cc1ccc(O[Si](C)(C)C)cc1. The van der Waals surface area contributed by atoms with E-state index in [0.717, 1.165) is 11.3 Å². The Bertz CT molecular complexity index is 352. The van der Waals surface area contributed by atoms with Gasteiger partial charge in [-0.05, 0) is 37.3 Å². The summed E-state index contributed by atoms with van der Waals surface area (Å²) in [4.78, 5) is 11.0. The number of methoxy groups -OCH3 is 1. The van der Waals surface area contributed by atoms with Gasteiger partial charge < -0.3 is 9.16 Å². The van der Waals surface area contributed by atoms with Gasteiger partial charge in [-0.2, -0.15) is 0 Å². The van der Waals surface area contributed by atoms with Crippen LogP contribution in [0.2, 0.25) is 19.6 Å². The molecule has 0 atom stereocenters. The Morgan fingerprint density at radius 2 is 1.75 bits per heavy atom. The Labute approximate surface area is 97.5 Å². The lowest BCUT2D eigenvalue weighted by atomic mass is 10.1. The Morgan fingerprint density at radius 3 is 2.19 bits per heavy atom. The highest BCUT2D eigenvalue weighted by molar-refractivity contribution is 6.70. The molecule has 0 unspecified atom stereocenters. The zero-order chi connectivity index (χ0) is 12.2. The summed E-state index contributed by atoms with van der Waals surface area (Å²) in [5.74, 6) is 0.645. The van der Waals surface area contributed by atoms with Gasteiger partial charge in [0.25, 0.3) is 0 Å². The molecule has 0 heterocycles. The van der Waals surface area contributed by atoms with E-state index < -0.39 is 8.32 Å². The third-order valence-corrected chi connectivity index (χ3v) is 2.77. The fraction of sp³-hybridized carbons (Fsp3) is 0.417. The van der Waals surface area contributed by atoms with Gasteiger partial charge in [0.1, 0.15) is 5.75 Å². The zero-order valence-corrected chi connectivity index (χ0v) is 11.2. The second kappa shape index (κ2) is 5.16. The van der Waals surface area contributed by atoms with Gasteiger partial charge in [0, 0.05) is 0 Å². The van der Waals surface area contributed by atoms with Gasteiger partial charge in [0.15, 0.2) is 0 Å². The minimum atomic E-state index is -1.55. The molecule has 0 bridgehead atoms. The van der Waals surface area contributed by atoms with Gasteiger partial charge in [-0.3, -0.25) is 4.79 Å². The standard InChI is InChI=1S/C12H18O3Si/c1-14-12(13)9-10-5-7-11(8-6-10)15-16(2,3)4/h5-8H,9H2,1-4H3. The Hall–Kier alpha value is -1.29. The number of hydrogen-bond acceptors (Lipinski definition) is 3. The number of hydrogen-bond donors (Lipinski definition) is 0. The lowest BCUT2D eigenvalue weighted by Gasteiger charge is -2.19. The molecule has 0 spiro atoms. The topological polar surface area (TPSA) is 35.5 Å². The Kier molecular flexibility index (Phi) is 4.12. The van der Waals surface area contributed by atoms with Crippen molar-refractivity contribution in [2.45, 2.75) is 26.1 Å². The van der Waals surface area contributed by atoms with Crippen LogP contribution in [0.25, 0.3) is 0 Å². The quantitative estimate of drug-likeness (QED) is 0.597. The largest absolute Gasteiger partial charge is 0.544 e. The average Bonchev–Trinajstić information content (AvgIpc) is 2.18. The first-order valence-corrected chi connectivity index (χ1v) is 8.66. The third-order valence-electron chi connectivity index (χ3n) is 1.92. The first kappa shape index (κ1) is 12.8. The molecule has 0 saturated heterocycles. The van der Waals surface area contributed by atoms with E-state index in [-0.39, 0.29) is 5.97 Å². The van der Waals surface area contributed by atoms with E-state index in [4.69, 9.17) is 4.43 Å². The first-order chi connectivity index (χ1) is 7.40. The van der Waals surface area contributed by atoms with E-state index in [0.29, 0.717) is 6.42 Å². The highest BCUT2D eigenvalue weighted by Crippen LogP contribution is 2.17. The van der Waals surface area contributed by atoms with Crippen LogP contribution in [0.4, 0.5) is 0 Å². The maximum absolute atomic E-state index is 11.0. The van der Waals surface area contributed by atoms with E-state index >= 15 is 0 Å². The van der Waals surface area contributed by atoms with Gasteiger partial charge in [-0.1, -0.05) is 12.1 Å². The van der Waals surface area contributed by atoms with Crippen molar-refractivity contribution in [2.24, 2.45) is 0 Å². The van der Waals surface area contributed by atoms with Crippen LogP contribution in [0.1, 0.15) is 5.56 Å². The third kappa shape index (κ3) is 4.48. The summed E-state index contributed by atoms with van der Waals surface area (Å²) < 4.78 is 10.4. The maximum atomic E-state index is 11.0. The van der Waals surface area contributed by atoms with Crippen LogP contribution in [-0.4, -0.2) is 21.4 Å². The summed E-state index contributed by atoms with van der Waals surface area (Å²) in [7, 11) is -0.152. The predicted molar refractivity (Wildman–Crippen MR) is 66.1 cm³/mol. The minimum absolute atomic E-state index is 0.223. The van der Waals surface area contributed by atoms with Crippen molar-refractivity contribution < 1.29 is 14.0 Å². The van der Waals surface area contributed by atoms with E-state index in [1.165, 1.54) is 7.11 Å². The van der Waals surface area contributed by atoms with Crippen molar-refractivity contribution >= 4 is 14.3 Å². The van der Waals surface area contributed by atoms with Gasteiger partial charge in [0.2, 0.25) is 8.32 Å². The van der Waals surface area contributed by atoms with E-state index in [1.54, 1.807) is 0 Å². The number of ether oxygens (including phenoxy) is 1. The highest BCUT2D eigenvalue weighted by atomic mass is 28.4. The summed E-state index contributed by atoms with van der Waals surface area (Å²) in [6, 6.07) is 7.59. The molecule has 1 rings (SSSR count). The van der Waals surface area contributed by atoms with Gasteiger partial charge in [-0.25, -0.2) is 0 Å². The molecule has 0 saturated carbocycles. The van der Waals surface area contributed by atoms with Crippen molar-refractivity contribution in [1.29, 1.82) is 0 Å². The molecule has 0 aliphatic heterocycles. The van der Waals surface area contributed by atoms with Crippen LogP contribution in [0.5, 0.6) is 5.75 Å². The van der Waals surface area contributed by atoms with E-state index in [2.05, 4.69) is 24.4 Å². The minimum Gasteiger partial charge on any atom is -0.544 e. The summed E-state index contributed by atoms with van der Waals surface area (Å²) in [5, 5.41) is 0. The van der Waals surface area contributed by atoms with Crippen molar-refractivity contribution in [2.75, 3.05) is 7.11 Å². The number of carbonyl (C=O) groups excluding carboxylic acids is 1. The van der Waals surface area contributed by atoms with Crippen LogP contribution >= 0.6 is 0 Å². The van der Waals surface area contributed by atoms with Crippen LogP contribution < -0.4 is 4.43 Å². The zero-order valence-electron chi connectivity index (χ0n) is 10.2. The Balaban J connectivity index is 2.64. The molecule has 0 aliphatic rings. The fourth-order valence-corrected chi connectivity index (χ4v) is 2.11.